The fourth-order valence-electron chi connectivity index (χ4n) is 3.18. The van der Waals surface area contributed by atoms with Crippen LogP contribution in [0.15, 0.2) is 46.9 Å². The summed E-state index contributed by atoms with van der Waals surface area (Å²) in [5, 5.41) is 14.8. The van der Waals surface area contributed by atoms with Crippen LogP contribution >= 0.6 is 15.9 Å². The lowest BCUT2D eigenvalue weighted by atomic mass is 10.1. The van der Waals surface area contributed by atoms with Gasteiger partial charge in [-0.25, -0.2) is 9.59 Å². The summed E-state index contributed by atoms with van der Waals surface area (Å²) in [4.78, 5) is 35.4. The first-order chi connectivity index (χ1) is 15.3. The molecular weight excluding hydrogens is 484 g/mol. The van der Waals surface area contributed by atoms with Crippen LogP contribution in [-0.4, -0.2) is 78.3 Å². The fourth-order valence-corrected chi connectivity index (χ4v) is 3.44. The summed E-state index contributed by atoms with van der Waals surface area (Å²) in [7, 11) is 3.14. The monoisotopic (exact) mass is 508 g/mol. The second-order valence-electron chi connectivity index (χ2n) is 6.84. The Morgan fingerprint density at radius 3 is 1.81 bits per heavy atom. The lowest BCUT2D eigenvalue weighted by Crippen LogP contribution is -2.48. The first-order valence-corrected chi connectivity index (χ1v) is 10.5. The Hall–Kier alpha value is -3.11. The topological polar surface area (TPSA) is 117 Å². The van der Waals surface area contributed by atoms with Gasteiger partial charge >= 0.3 is 11.9 Å². The summed E-state index contributed by atoms with van der Waals surface area (Å²) in [5.74, 6) is -2.59. The molecule has 1 aliphatic rings. The molecule has 1 aliphatic heterocycles. The van der Waals surface area contributed by atoms with Crippen molar-refractivity contribution in [3.63, 3.8) is 0 Å². The molecule has 2 N–H and O–H groups in total. The first-order valence-electron chi connectivity index (χ1n) is 9.70. The lowest BCUT2D eigenvalue weighted by molar-refractivity contribution is -0.159. The fraction of sp³-hybridized carbons (Fsp3) is 0.318. The minimum absolute atomic E-state index is 0.0393. The van der Waals surface area contributed by atoms with Gasteiger partial charge in [-0.2, -0.15) is 0 Å². The summed E-state index contributed by atoms with van der Waals surface area (Å²) >= 11 is 3.46. The van der Waals surface area contributed by atoms with E-state index in [2.05, 4.69) is 45.1 Å². The van der Waals surface area contributed by atoms with Crippen LogP contribution in [0.4, 0.5) is 0 Å². The molecule has 10 heteroatoms. The van der Waals surface area contributed by atoms with Crippen LogP contribution in [0.25, 0.3) is 0 Å². The first kappa shape index (κ1) is 25.2. The number of carboxylic acid groups (broad SMARTS) is 2. The quantitative estimate of drug-likeness (QED) is 0.591. The third-order valence-electron chi connectivity index (χ3n) is 4.80. The number of ether oxygens (including phenoxy) is 2. The van der Waals surface area contributed by atoms with Crippen molar-refractivity contribution < 1.29 is 34.1 Å². The molecule has 1 heterocycles. The third kappa shape index (κ3) is 6.96. The Morgan fingerprint density at radius 1 is 0.875 bits per heavy atom. The van der Waals surface area contributed by atoms with Gasteiger partial charge < -0.3 is 24.6 Å². The number of hydrogen-bond donors (Lipinski definition) is 2. The number of nitrogens with zero attached hydrogens (tertiary/aromatic N) is 2. The summed E-state index contributed by atoms with van der Waals surface area (Å²) in [6.45, 7) is 3.97. The summed E-state index contributed by atoms with van der Waals surface area (Å²) in [6.07, 6.45) is 0. The van der Waals surface area contributed by atoms with Crippen LogP contribution in [0.1, 0.15) is 15.9 Å². The van der Waals surface area contributed by atoms with E-state index in [9.17, 15) is 4.79 Å². The molecule has 0 unspecified atom stereocenters. The maximum atomic E-state index is 13.0. The van der Waals surface area contributed by atoms with Crippen molar-refractivity contribution in [2.75, 3.05) is 40.4 Å². The minimum Gasteiger partial charge on any atom is -0.496 e. The molecule has 2 aromatic carbocycles. The van der Waals surface area contributed by atoms with E-state index >= 15 is 0 Å². The SMILES string of the molecule is COc1cccc(OC)c1C(=O)N1CCN(Cc2ccc(Br)cc2)CC1.O=C(O)C(=O)O. The predicted octanol–water partition coefficient (Wildman–Crippen LogP) is 2.58. The highest BCUT2D eigenvalue weighted by atomic mass is 79.9. The molecule has 1 amide bonds. The molecular formula is C22H25BrN2O7. The number of carbonyl (C=O) groups is 3. The Labute approximate surface area is 194 Å². The van der Waals surface area contributed by atoms with E-state index in [1.165, 1.54) is 5.56 Å². The second kappa shape index (κ2) is 12.1. The van der Waals surface area contributed by atoms with E-state index in [1.807, 2.05) is 11.0 Å². The van der Waals surface area contributed by atoms with Crippen molar-refractivity contribution >= 4 is 33.8 Å². The Morgan fingerprint density at radius 2 is 1.38 bits per heavy atom. The van der Waals surface area contributed by atoms with E-state index in [-0.39, 0.29) is 5.91 Å². The molecule has 0 saturated carbocycles. The van der Waals surface area contributed by atoms with E-state index < -0.39 is 11.9 Å². The number of halogens is 1. The number of hydrogen-bond acceptors (Lipinski definition) is 6. The van der Waals surface area contributed by atoms with Crippen LogP contribution in [0.2, 0.25) is 0 Å². The van der Waals surface area contributed by atoms with Gasteiger partial charge in [-0.05, 0) is 29.8 Å². The van der Waals surface area contributed by atoms with Crippen LogP contribution in [-0.2, 0) is 16.1 Å². The van der Waals surface area contributed by atoms with E-state index in [0.29, 0.717) is 30.2 Å². The van der Waals surface area contributed by atoms with Gasteiger partial charge in [-0.1, -0.05) is 34.1 Å². The maximum absolute atomic E-state index is 13.0. The highest BCUT2D eigenvalue weighted by Crippen LogP contribution is 2.30. The van der Waals surface area contributed by atoms with Gasteiger partial charge in [0.25, 0.3) is 5.91 Å². The smallest absolute Gasteiger partial charge is 0.414 e. The number of aliphatic carboxylic acids is 2. The Balaban J connectivity index is 0.000000534. The molecule has 3 rings (SSSR count). The molecule has 0 spiro atoms. The number of benzene rings is 2. The highest BCUT2D eigenvalue weighted by Gasteiger charge is 2.27. The normalized spacial score (nSPS) is 13.5. The largest absolute Gasteiger partial charge is 0.496 e. The average Bonchev–Trinajstić information content (AvgIpc) is 2.80. The number of carbonyl (C=O) groups excluding carboxylic acids is 1. The summed E-state index contributed by atoms with van der Waals surface area (Å²) in [6, 6.07) is 13.8. The van der Waals surface area contributed by atoms with Crippen molar-refractivity contribution in [1.82, 2.24) is 9.80 Å². The Bertz CT molecular complexity index is 908. The van der Waals surface area contributed by atoms with Gasteiger partial charge in [0.2, 0.25) is 0 Å². The molecule has 9 nitrogen and oxygen atoms in total. The molecule has 0 aromatic heterocycles. The van der Waals surface area contributed by atoms with Crippen molar-refractivity contribution in [2.45, 2.75) is 6.54 Å². The van der Waals surface area contributed by atoms with Gasteiger partial charge in [-0.3, -0.25) is 9.69 Å². The molecule has 172 valence electrons. The molecule has 32 heavy (non-hydrogen) atoms. The van der Waals surface area contributed by atoms with E-state index in [1.54, 1.807) is 26.4 Å². The standard InChI is InChI=1S/C20H23BrN2O3.C2H2O4/c1-25-17-4-3-5-18(26-2)19(17)20(24)23-12-10-22(11-13-23)14-15-6-8-16(21)9-7-15;3-1(4)2(5)6/h3-9H,10-14H2,1-2H3;(H,3,4)(H,5,6). The van der Waals surface area contributed by atoms with Gasteiger partial charge in [-0.15, -0.1) is 0 Å². The van der Waals surface area contributed by atoms with E-state index in [0.717, 1.165) is 24.1 Å². The minimum atomic E-state index is -1.82. The number of amides is 1. The molecule has 0 atom stereocenters. The van der Waals surface area contributed by atoms with Crippen molar-refractivity contribution in [3.05, 3.63) is 58.1 Å². The van der Waals surface area contributed by atoms with Gasteiger partial charge in [0.05, 0.1) is 14.2 Å². The maximum Gasteiger partial charge on any atom is 0.414 e. The van der Waals surface area contributed by atoms with Gasteiger partial charge in [0, 0.05) is 37.2 Å². The molecule has 1 fully saturated rings. The zero-order valence-electron chi connectivity index (χ0n) is 17.8. The van der Waals surface area contributed by atoms with Crippen molar-refractivity contribution in [1.29, 1.82) is 0 Å². The van der Waals surface area contributed by atoms with Crippen LogP contribution in [0.5, 0.6) is 11.5 Å². The number of carboxylic acids is 2. The van der Waals surface area contributed by atoms with Crippen molar-refractivity contribution in [2.24, 2.45) is 0 Å². The summed E-state index contributed by atoms with van der Waals surface area (Å²) < 4.78 is 11.8. The number of methoxy groups -OCH3 is 2. The Kier molecular flexibility index (Phi) is 9.48. The van der Waals surface area contributed by atoms with Crippen LogP contribution in [0, 0.1) is 0 Å². The molecule has 0 bridgehead atoms. The second-order valence-corrected chi connectivity index (χ2v) is 7.76. The van der Waals surface area contributed by atoms with Crippen LogP contribution < -0.4 is 9.47 Å². The number of piperazine rings is 1. The highest BCUT2D eigenvalue weighted by molar-refractivity contribution is 9.10. The molecule has 0 aliphatic carbocycles. The number of rotatable bonds is 5. The zero-order chi connectivity index (χ0) is 23.7. The molecule has 0 radical (unpaired) electrons. The van der Waals surface area contributed by atoms with Gasteiger partial charge in [0.1, 0.15) is 17.1 Å². The van der Waals surface area contributed by atoms with Gasteiger partial charge in [0.15, 0.2) is 0 Å². The van der Waals surface area contributed by atoms with Crippen molar-refractivity contribution in [3.8, 4) is 11.5 Å². The summed E-state index contributed by atoms with van der Waals surface area (Å²) in [5.41, 5.74) is 1.78. The average molecular weight is 509 g/mol. The van der Waals surface area contributed by atoms with Crippen LogP contribution in [0.3, 0.4) is 0 Å². The zero-order valence-corrected chi connectivity index (χ0v) is 19.4. The predicted molar refractivity (Wildman–Crippen MR) is 120 cm³/mol. The molecule has 2 aromatic rings. The lowest BCUT2D eigenvalue weighted by Gasteiger charge is -2.35. The third-order valence-corrected chi connectivity index (χ3v) is 5.33. The molecule has 1 saturated heterocycles. The van der Waals surface area contributed by atoms with E-state index in [4.69, 9.17) is 29.3 Å².